The number of anilines is 1. The molecule has 0 aliphatic carbocycles. The predicted octanol–water partition coefficient (Wildman–Crippen LogP) is 3.18. The molecule has 0 N–H and O–H groups in total. The van der Waals surface area contributed by atoms with Gasteiger partial charge in [0.2, 0.25) is 0 Å². The van der Waals surface area contributed by atoms with E-state index in [0.29, 0.717) is 5.69 Å². The van der Waals surface area contributed by atoms with Crippen molar-refractivity contribution < 1.29 is 4.92 Å². The summed E-state index contributed by atoms with van der Waals surface area (Å²) in [7, 11) is 1.84. The first-order valence-electron chi connectivity index (χ1n) is 5.03. The molecule has 0 aliphatic rings. The number of nitrogens with zero attached hydrogens (tertiary/aromatic N) is 2. The molecule has 0 aliphatic heterocycles. The lowest BCUT2D eigenvalue weighted by atomic mass is 10.1. The van der Waals surface area contributed by atoms with Crippen LogP contribution in [0.3, 0.4) is 0 Å². The highest BCUT2D eigenvalue weighted by Gasteiger charge is 2.18. The summed E-state index contributed by atoms with van der Waals surface area (Å²) in [5, 5.41) is 11.0. The quantitative estimate of drug-likeness (QED) is 0.463. The maximum atomic E-state index is 11.0. The van der Waals surface area contributed by atoms with Crippen LogP contribution in [0.4, 0.5) is 11.4 Å². The molecule has 0 heterocycles. The Kier molecular flexibility index (Phi) is 4.12. The number of rotatable bonds is 4. The van der Waals surface area contributed by atoms with E-state index in [1.807, 2.05) is 31.9 Å². The van der Waals surface area contributed by atoms with Gasteiger partial charge in [-0.2, -0.15) is 0 Å². The van der Waals surface area contributed by atoms with Crippen LogP contribution in [0.1, 0.15) is 19.4 Å². The van der Waals surface area contributed by atoms with Crippen molar-refractivity contribution in [3.63, 3.8) is 0 Å². The SMILES string of the molecule is CC(C)N(C)c1ccc(CCl)cc1[N+](=O)[O-]. The molecule has 0 unspecified atom stereocenters. The maximum Gasteiger partial charge on any atom is 0.292 e. The van der Waals surface area contributed by atoms with E-state index >= 15 is 0 Å². The minimum atomic E-state index is -0.371. The van der Waals surface area contributed by atoms with E-state index in [4.69, 9.17) is 11.6 Å². The number of benzene rings is 1. The van der Waals surface area contributed by atoms with Gasteiger partial charge in [0.05, 0.1) is 4.92 Å². The Labute approximate surface area is 100.0 Å². The summed E-state index contributed by atoms with van der Waals surface area (Å²) >= 11 is 5.66. The van der Waals surface area contributed by atoms with Gasteiger partial charge >= 0.3 is 0 Å². The van der Waals surface area contributed by atoms with Gasteiger partial charge in [-0.05, 0) is 25.5 Å². The fraction of sp³-hybridized carbons (Fsp3) is 0.455. The Morgan fingerprint density at radius 3 is 2.56 bits per heavy atom. The molecule has 4 nitrogen and oxygen atoms in total. The fourth-order valence-corrected chi connectivity index (χ4v) is 1.54. The molecule has 16 heavy (non-hydrogen) atoms. The van der Waals surface area contributed by atoms with Crippen LogP contribution in [0.15, 0.2) is 18.2 Å². The van der Waals surface area contributed by atoms with E-state index in [1.54, 1.807) is 6.07 Å². The van der Waals surface area contributed by atoms with Crippen molar-refractivity contribution in [2.24, 2.45) is 0 Å². The minimum Gasteiger partial charge on any atom is -0.367 e. The molecule has 1 aromatic rings. The van der Waals surface area contributed by atoms with Crippen LogP contribution in [0.2, 0.25) is 0 Å². The zero-order valence-electron chi connectivity index (χ0n) is 9.61. The molecular formula is C11H15ClN2O2. The highest BCUT2D eigenvalue weighted by atomic mass is 35.5. The Morgan fingerprint density at radius 2 is 2.12 bits per heavy atom. The average molecular weight is 243 g/mol. The fourth-order valence-electron chi connectivity index (χ4n) is 1.37. The first kappa shape index (κ1) is 12.8. The number of hydrogen-bond donors (Lipinski definition) is 0. The molecule has 0 fully saturated rings. The van der Waals surface area contributed by atoms with E-state index in [2.05, 4.69) is 0 Å². The van der Waals surface area contributed by atoms with Crippen molar-refractivity contribution in [3.8, 4) is 0 Å². The summed E-state index contributed by atoms with van der Waals surface area (Å²) in [5.41, 5.74) is 1.48. The van der Waals surface area contributed by atoms with Gasteiger partial charge in [-0.1, -0.05) is 6.07 Å². The monoisotopic (exact) mass is 242 g/mol. The van der Waals surface area contributed by atoms with Gasteiger partial charge in [0.1, 0.15) is 5.69 Å². The largest absolute Gasteiger partial charge is 0.367 e. The van der Waals surface area contributed by atoms with E-state index in [0.717, 1.165) is 5.56 Å². The molecule has 0 amide bonds. The van der Waals surface area contributed by atoms with Crippen LogP contribution < -0.4 is 4.90 Å². The first-order chi connectivity index (χ1) is 7.47. The highest BCUT2D eigenvalue weighted by molar-refractivity contribution is 6.17. The molecule has 0 bridgehead atoms. The van der Waals surface area contributed by atoms with Gasteiger partial charge in [0, 0.05) is 25.0 Å². The Balaban J connectivity index is 3.23. The van der Waals surface area contributed by atoms with E-state index < -0.39 is 0 Å². The number of nitro benzene ring substituents is 1. The maximum absolute atomic E-state index is 11.0. The van der Waals surface area contributed by atoms with Gasteiger partial charge in [-0.25, -0.2) is 0 Å². The van der Waals surface area contributed by atoms with E-state index in [1.165, 1.54) is 6.07 Å². The summed E-state index contributed by atoms with van der Waals surface area (Å²) in [6.45, 7) is 3.97. The second-order valence-electron chi connectivity index (χ2n) is 3.92. The van der Waals surface area contributed by atoms with Crippen molar-refractivity contribution in [1.82, 2.24) is 0 Å². The molecule has 0 aromatic heterocycles. The average Bonchev–Trinajstić information content (AvgIpc) is 2.26. The third-order valence-corrected chi connectivity index (χ3v) is 2.85. The Morgan fingerprint density at radius 1 is 1.50 bits per heavy atom. The summed E-state index contributed by atoms with van der Waals surface area (Å²) in [6.07, 6.45) is 0. The van der Waals surface area contributed by atoms with Crippen molar-refractivity contribution in [1.29, 1.82) is 0 Å². The Bertz CT molecular complexity index is 394. The lowest BCUT2D eigenvalue weighted by Gasteiger charge is -2.23. The zero-order chi connectivity index (χ0) is 12.3. The van der Waals surface area contributed by atoms with Gasteiger partial charge in [0.25, 0.3) is 5.69 Å². The van der Waals surface area contributed by atoms with Gasteiger partial charge in [-0.3, -0.25) is 10.1 Å². The van der Waals surface area contributed by atoms with E-state index in [9.17, 15) is 10.1 Å². The van der Waals surface area contributed by atoms with Crippen molar-refractivity contribution in [2.75, 3.05) is 11.9 Å². The molecule has 0 saturated heterocycles. The molecule has 5 heteroatoms. The number of halogens is 1. The predicted molar refractivity (Wildman–Crippen MR) is 66.2 cm³/mol. The lowest BCUT2D eigenvalue weighted by Crippen LogP contribution is -2.26. The summed E-state index contributed by atoms with van der Waals surface area (Å²) in [6, 6.07) is 5.30. The minimum absolute atomic E-state index is 0.106. The molecule has 1 rings (SSSR count). The molecule has 0 radical (unpaired) electrons. The summed E-state index contributed by atoms with van der Waals surface area (Å²) in [4.78, 5) is 12.5. The van der Waals surface area contributed by atoms with Crippen molar-refractivity contribution in [3.05, 3.63) is 33.9 Å². The van der Waals surface area contributed by atoms with Gasteiger partial charge in [-0.15, -0.1) is 11.6 Å². The van der Waals surface area contributed by atoms with Gasteiger partial charge < -0.3 is 4.90 Å². The molecule has 0 atom stereocenters. The van der Waals surface area contributed by atoms with Crippen LogP contribution in [0, 0.1) is 10.1 Å². The third kappa shape index (κ3) is 2.64. The van der Waals surface area contributed by atoms with Crippen LogP contribution in [-0.2, 0) is 5.88 Å². The van der Waals surface area contributed by atoms with E-state index in [-0.39, 0.29) is 22.5 Å². The number of alkyl halides is 1. The highest BCUT2D eigenvalue weighted by Crippen LogP contribution is 2.30. The number of hydrogen-bond acceptors (Lipinski definition) is 3. The normalized spacial score (nSPS) is 10.6. The van der Waals surface area contributed by atoms with Gasteiger partial charge in [0.15, 0.2) is 0 Å². The lowest BCUT2D eigenvalue weighted by molar-refractivity contribution is -0.384. The first-order valence-corrected chi connectivity index (χ1v) is 5.57. The Hall–Kier alpha value is -1.29. The third-order valence-electron chi connectivity index (χ3n) is 2.55. The molecule has 88 valence electrons. The number of nitro groups is 1. The summed E-state index contributed by atoms with van der Waals surface area (Å²) < 4.78 is 0. The van der Waals surface area contributed by atoms with Crippen molar-refractivity contribution in [2.45, 2.75) is 25.8 Å². The van der Waals surface area contributed by atoms with Crippen LogP contribution >= 0.6 is 11.6 Å². The van der Waals surface area contributed by atoms with Crippen LogP contribution in [0.25, 0.3) is 0 Å². The second kappa shape index (κ2) is 5.16. The van der Waals surface area contributed by atoms with Crippen molar-refractivity contribution >= 4 is 23.0 Å². The summed E-state index contributed by atoms with van der Waals surface area (Å²) in [5.74, 6) is 0.284. The molecule has 1 aromatic carbocycles. The van der Waals surface area contributed by atoms with Crippen LogP contribution in [-0.4, -0.2) is 18.0 Å². The molecular weight excluding hydrogens is 228 g/mol. The zero-order valence-corrected chi connectivity index (χ0v) is 10.4. The molecule has 0 saturated carbocycles. The molecule has 0 spiro atoms. The smallest absolute Gasteiger partial charge is 0.292 e. The van der Waals surface area contributed by atoms with Crippen LogP contribution in [0.5, 0.6) is 0 Å². The topological polar surface area (TPSA) is 46.4 Å². The standard InChI is InChI=1S/C11H15ClN2O2/c1-8(2)13(3)10-5-4-9(7-12)6-11(10)14(15)16/h4-6,8H,7H2,1-3H3. The second-order valence-corrected chi connectivity index (χ2v) is 4.19.